The molecule has 3 aliphatic heterocycles. The fourth-order valence-electron chi connectivity index (χ4n) is 6.26. The minimum atomic E-state index is 0.147. The molecule has 2 aromatic rings. The number of aryl methyl sites for hydroxylation is 2. The molecule has 0 spiro atoms. The summed E-state index contributed by atoms with van der Waals surface area (Å²) in [5.74, 6) is 0.753. The molecule has 1 aromatic heterocycles. The zero-order valence-electron chi connectivity index (χ0n) is 19.4. The van der Waals surface area contributed by atoms with Crippen molar-refractivity contribution in [3.63, 3.8) is 0 Å². The van der Waals surface area contributed by atoms with Crippen LogP contribution in [0.3, 0.4) is 0 Å². The maximum atomic E-state index is 13.1. The van der Waals surface area contributed by atoms with Gasteiger partial charge in [-0.15, -0.1) is 0 Å². The molecule has 6 rings (SSSR count). The second-order valence-electron chi connectivity index (χ2n) is 10.1. The van der Waals surface area contributed by atoms with Gasteiger partial charge in [-0.3, -0.25) is 9.78 Å². The summed E-state index contributed by atoms with van der Waals surface area (Å²) in [4.78, 5) is 20.1. The number of halogens is 3. The van der Waals surface area contributed by atoms with E-state index in [0.717, 1.165) is 65.6 Å². The van der Waals surface area contributed by atoms with Gasteiger partial charge in [-0.05, 0) is 95.3 Å². The lowest BCUT2D eigenvalue weighted by molar-refractivity contribution is -0.127. The van der Waals surface area contributed by atoms with Crippen LogP contribution in [0.2, 0.25) is 5.02 Å². The van der Waals surface area contributed by atoms with Crippen LogP contribution in [0.1, 0.15) is 54.0 Å². The lowest BCUT2D eigenvalue weighted by Crippen LogP contribution is -2.39. The number of benzene rings is 1. The predicted octanol–water partition coefficient (Wildman–Crippen LogP) is 6.77. The highest BCUT2D eigenvalue weighted by Gasteiger charge is 2.36. The van der Waals surface area contributed by atoms with Gasteiger partial charge < -0.3 is 9.64 Å². The number of carbonyl (C=O) groups is 1. The second-order valence-corrected chi connectivity index (χ2v) is 12.3. The van der Waals surface area contributed by atoms with E-state index >= 15 is 0 Å². The van der Waals surface area contributed by atoms with Crippen molar-refractivity contribution in [1.82, 2.24) is 9.88 Å². The molecule has 4 aliphatic rings. The second kappa shape index (κ2) is 9.77. The zero-order chi connectivity index (χ0) is 24.1. The van der Waals surface area contributed by atoms with Gasteiger partial charge in [0.05, 0.1) is 17.9 Å². The van der Waals surface area contributed by atoms with Gasteiger partial charge in [0.1, 0.15) is 0 Å². The number of nitrogens with zero attached hydrogens (tertiary/aromatic N) is 2. The third kappa shape index (κ3) is 4.79. The van der Waals surface area contributed by atoms with E-state index < -0.39 is 0 Å². The van der Waals surface area contributed by atoms with Crippen LogP contribution < -0.4 is 0 Å². The molecule has 1 aromatic carbocycles. The number of piperidine rings is 1. The van der Waals surface area contributed by atoms with Crippen LogP contribution in [-0.4, -0.2) is 41.1 Å². The van der Waals surface area contributed by atoms with Crippen LogP contribution in [0.4, 0.5) is 0 Å². The number of pyridine rings is 1. The fraction of sp³-hybridized carbons (Fsp3) is 0.429. The van der Waals surface area contributed by atoms with Crippen molar-refractivity contribution in [3.05, 3.63) is 84.5 Å². The van der Waals surface area contributed by atoms with Crippen LogP contribution >= 0.6 is 43.5 Å². The first-order chi connectivity index (χ1) is 16.9. The number of carbonyl (C=O) groups excluding carboxylic acids is 1. The van der Waals surface area contributed by atoms with Crippen LogP contribution in [0, 0.1) is 5.92 Å². The number of hydrogen-bond donors (Lipinski definition) is 0. The van der Waals surface area contributed by atoms with Gasteiger partial charge in [-0.25, -0.2) is 0 Å². The zero-order valence-corrected chi connectivity index (χ0v) is 23.3. The molecular formula is C28H27Br2ClN2O2. The Morgan fingerprint density at radius 3 is 2.51 bits per heavy atom. The van der Waals surface area contributed by atoms with E-state index in [-0.39, 0.29) is 24.0 Å². The van der Waals surface area contributed by atoms with Gasteiger partial charge in [-0.1, -0.05) is 45.3 Å². The largest absolute Gasteiger partial charge is 0.366 e. The average Bonchev–Trinajstić information content (AvgIpc) is 3.08. The van der Waals surface area contributed by atoms with E-state index in [4.69, 9.17) is 21.3 Å². The molecule has 0 N–H and O–H groups in total. The SMILES string of the molecule is O=C(C=C1CC2C=CC(C1)O2)N1CCC([C@H]2c3ncc(Br)cc3CCc3cc(Cl)cc(Br)c32)CC1. The van der Waals surface area contributed by atoms with Gasteiger partial charge in [-0.2, -0.15) is 0 Å². The molecule has 4 heterocycles. The number of amides is 1. The summed E-state index contributed by atoms with van der Waals surface area (Å²) in [5.41, 5.74) is 6.31. The normalized spacial score (nSPS) is 25.7. The van der Waals surface area contributed by atoms with Crippen molar-refractivity contribution < 1.29 is 9.53 Å². The molecule has 0 saturated carbocycles. The lowest BCUT2D eigenvalue weighted by Gasteiger charge is -2.37. The molecule has 0 radical (unpaired) electrons. The predicted molar refractivity (Wildman–Crippen MR) is 145 cm³/mol. The molecule has 7 heteroatoms. The summed E-state index contributed by atoms with van der Waals surface area (Å²) in [6, 6.07) is 6.35. The van der Waals surface area contributed by atoms with Gasteiger partial charge >= 0.3 is 0 Å². The lowest BCUT2D eigenvalue weighted by atomic mass is 9.76. The molecule has 2 fully saturated rings. The molecule has 2 bridgehead atoms. The van der Waals surface area contributed by atoms with Crippen molar-refractivity contribution in [1.29, 1.82) is 0 Å². The molecular weight excluding hydrogens is 592 g/mol. The quantitative estimate of drug-likeness (QED) is 0.276. The summed E-state index contributed by atoms with van der Waals surface area (Å²) >= 11 is 13.9. The highest BCUT2D eigenvalue weighted by Crippen LogP contribution is 2.46. The van der Waals surface area contributed by atoms with Crippen LogP contribution in [0.25, 0.3) is 0 Å². The van der Waals surface area contributed by atoms with Gasteiger partial charge in [0.15, 0.2) is 0 Å². The number of rotatable bonds is 2. The van der Waals surface area contributed by atoms with Crippen LogP contribution in [0.5, 0.6) is 0 Å². The molecule has 182 valence electrons. The maximum Gasteiger partial charge on any atom is 0.246 e. The van der Waals surface area contributed by atoms with Crippen LogP contribution in [0.15, 0.2) is 57.1 Å². The molecule has 2 unspecified atom stereocenters. The first-order valence-electron chi connectivity index (χ1n) is 12.4. The minimum Gasteiger partial charge on any atom is -0.366 e. The topological polar surface area (TPSA) is 42.4 Å². The standard InChI is InChI=1S/C28H27Br2ClN2O2/c29-20-12-19-2-1-18-13-21(31)14-24(30)26(18)27(28(19)32-15-20)17-5-7-33(8-6-17)25(34)11-16-9-22-3-4-23(10-16)35-22/h3-4,11-15,17,22-23,27H,1-2,5-10H2/t22?,23?,27-/m1/s1. The smallest absolute Gasteiger partial charge is 0.246 e. The summed E-state index contributed by atoms with van der Waals surface area (Å²) in [7, 11) is 0. The van der Waals surface area contributed by atoms with E-state index in [2.05, 4.69) is 56.1 Å². The van der Waals surface area contributed by atoms with Gasteiger partial charge in [0.2, 0.25) is 5.91 Å². The summed E-state index contributed by atoms with van der Waals surface area (Å²) in [6.07, 6.45) is 13.8. The monoisotopic (exact) mass is 616 g/mol. The number of likely N-dealkylation sites (tertiary alicyclic amines) is 1. The van der Waals surface area contributed by atoms with Crippen molar-refractivity contribution in [3.8, 4) is 0 Å². The van der Waals surface area contributed by atoms with Crippen molar-refractivity contribution in [2.45, 2.75) is 56.7 Å². The molecule has 1 aliphatic carbocycles. The Morgan fingerprint density at radius 2 is 1.77 bits per heavy atom. The Hall–Kier alpha value is -1.47. The van der Waals surface area contributed by atoms with Crippen molar-refractivity contribution in [2.24, 2.45) is 5.92 Å². The van der Waals surface area contributed by atoms with E-state index in [1.807, 2.05) is 23.2 Å². The van der Waals surface area contributed by atoms with Crippen molar-refractivity contribution >= 4 is 49.4 Å². The van der Waals surface area contributed by atoms with Crippen molar-refractivity contribution in [2.75, 3.05) is 13.1 Å². The Kier molecular flexibility index (Phi) is 6.67. The van der Waals surface area contributed by atoms with E-state index in [9.17, 15) is 4.79 Å². The Balaban J connectivity index is 1.24. The summed E-state index contributed by atoms with van der Waals surface area (Å²) in [6.45, 7) is 1.55. The summed E-state index contributed by atoms with van der Waals surface area (Å²) in [5, 5.41) is 0.764. The van der Waals surface area contributed by atoms with Crippen LogP contribution in [-0.2, 0) is 22.4 Å². The third-order valence-corrected chi connectivity index (χ3v) is 9.19. The molecule has 3 atom stereocenters. The van der Waals surface area contributed by atoms with E-state index in [1.54, 1.807) is 0 Å². The summed E-state index contributed by atoms with van der Waals surface area (Å²) < 4.78 is 7.91. The number of fused-ring (bicyclic) bond motifs is 4. The Morgan fingerprint density at radius 1 is 1.06 bits per heavy atom. The van der Waals surface area contributed by atoms with Gasteiger partial charge in [0, 0.05) is 45.2 Å². The molecule has 1 amide bonds. The highest BCUT2D eigenvalue weighted by molar-refractivity contribution is 9.10. The fourth-order valence-corrected chi connectivity index (χ4v) is 7.76. The highest BCUT2D eigenvalue weighted by atomic mass is 79.9. The molecule has 2 saturated heterocycles. The number of hydrogen-bond acceptors (Lipinski definition) is 3. The Labute approximate surface area is 228 Å². The third-order valence-electron chi connectivity index (χ3n) is 7.88. The van der Waals surface area contributed by atoms with E-state index in [0.29, 0.717) is 5.92 Å². The molecule has 4 nitrogen and oxygen atoms in total. The maximum absolute atomic E-state index is 13.1. The molecule has 35 heavy (non-hydrogen) atoms. The first-order valence-corrected chi connectivity index (χ1v) is 14.4. The average molecular weight is 619 g/mol. The van der Waals surface area contributed by atoms with Gasteiger partial charge in [0.25, 0.3) is 0 Å². The Bertz CT molecular complexity index is 1220. The first kappa shape index (κ1) is 23.9. The number of ether oxygens (including phenoxy) is 1. The number of aromatic nitrogens is 1. The minimum absolute atomic E-state index is 0.147. The van der Waals surface area contributed by atoms with E-state index in [1.165, 1.54) is 28.0 Å².